The molecule has 108 valence electrons. The summed E-state index contributed by atoms with van der Waals surface area (Å²) in [6.07, 6.45) is 0. The Hall–Kier alpha value is -2.40. The van der Waals surface area contributed by atoms with Crippen LogP contribution in [0, 0.1) is 6.92 Å². The Labute approximate surface area is 126 Å². The predicted octanol–water partition coefficient (Wildman–Crippen LogP) is 4.15. The Balaban J connectivity index is 2.24. The molecule has 2 heterocycles. The maximum Gasteiger partial charge on any atom is 0.212 e. The topological polar surface area (TPSA) is 74.4 Å². The van der Waals surface area contributed by atoms with E-state index in [1.165, 1.54) is 0 Å². The molecule has 0 amide bonds. The molecule has 0 spiro atoms. The molecule has 0 saturated carbocycles. The minimum Gasteiger partial charge on any atom is -0.496 e. The van der Waals surface area contributed by atoms with Gasteiger partial charge in [0.1, 0.15) is 5.75 Å². The second-order valence-corrected chi connectivity index (χ2v) is 4.95. The van der Waals surface area contributed by atoms with Crippen molar-refractivity contribution in [2.24, 2.45) is 0 Å². The van der Waals surface area contributed by atoms with Gasteiger partial charge in [0.15, 0.2) is 16.8 Å². The highest BCUT2D eigenvalue weighted by molar-refractivity contribution is 6.29. The van der Waals surface area contributed by atoms with Crippen molar-refractivity contribution in [1.82, 2.24) is 5.16 Å². The van der Waals surface area contributed by atoms with Crippen molar-refractivity contribution < 1.29 is 13.7 Å². The second kappa shape index (κ2) is 5.18. The minimum atomic E-state index is 0.265. The number of rotatable bonds is 3. The van der Waals surface area contributed by atoms with Gasteiger partial charge in [-0.1, -0.05) is 16.8 Å². The van der Waals surface area contributed by atoms with Gasteiger partial charge in [-0.3, -0.25) is 0 Å². The fourth-order valence-electron chi connectivity index (χ4n) is 2.18. The van der Waals surface area contributed by atoms with E-state index < -0.39 is 0 Å². The number of nitrogens with two attached hydrogens (primary N) is 1. The van der Waals surface area contributed by atoms with Crippen molar-refractivity contribution in [2.45, 2.75) is 6.92 Å². The van der Waals surface area contributed by atoms with E-state index in [0.717, 1.165) is 11.1 Å². The van der Waals surface area contributed by atoms with E-state index in [4.69, 9.17) is 31.0 Å². The maximum atomic E-state index is 5.96. The number of halogens is 1. The van der Waals surface area contributed by atoms with Gasteiger partial charge in [-0.15, -0.1) is 0 Å². The van der Waals surface area contributed by atoms with Gasteiger partial charge < -0.3 is 19.4 Å². The number of anilines is 1. The zero-order valence-electron chi connectivity index (χ0n) is 11.5. The lowest BCUT2D eigenvalue weighted by molar-refractivity contribution is 0.415. The molecule has 0 saturated heterocycles. The predicted molar refractivity (Wildman–Crippen MR) is 80.4 cm³/mol. The first kappa shape index (κ1) is 13.6. The number of aryl methyl sites for hydroxylation is 1. The van der Waals surface area contributed by atoms with E-state index in [9.17, 15) is 0 Å². The number of benzene rings is 1. The maximum absolute atomic E-state index is 5.96. The quantitative estimate of drug-likeness (QED) is 0.786. The number of ether oxygens (including phenoxy) is 1. The van der Waals surface area contributed by atoms with Crippen LogP contribution in [0.1, 0.15) is 5.56 Å². The fraction of sp³-hybridized carbons (Fsp3) is 0.133. The number of aromatic nitrogens is 1. The summed E-state index contributed by atoms with van der Waals surface area (Å²) < 4.78 is 16.1. The molecule has 5 nitrogen and oxygen atoms in total. The second-order valence-electron chi connectivity index (χ2n) is 4.58. The van der Waals surface area contributed by atoms with Crippen LogP contribution in [0.5, 0.6) is 5.75 Å². The van der Waals surface area contributed by atoms with Crippen LogP contribution in [-0.2, 0) is 0 Å². The number of hydrogen-bond acceptors (Lipinski definition) is 5. The summed E-state index contributed by atoms with van der Waals surface area (Å²) >= 11 is 5.81. The van der Waals surface area contributed by atoms with Gasteiger partial charge in [0.2, 0.25) is 5.76 Å². The van der Waals surface area contributed by atoms with Crippen molar-refractivity contribution in [1.29, 1.82) is 0 Å². The molecule has 0 unspecified atom stereocenters. The Morgan fingerprint density at radius 3 is 2.71 bits per heavy atom. The molecule has 0 atom stereocenters. The average molecular weight is 305 g/mol. The molecule has 6 heteroatoms. The van der Waals surface area contributed by atoms with E-state index in [0.29, 0.717) is 22.8 Å². The van der Waals surface area contributed by atoms with Gasteiger partial charge >= 0.3 is 0 Å². The highest BCUT2D eigenvalue weighted by Crippen LogP contribution is 2.42. The zero-order valence-corrected chi connectivity index (χ0v) is 12.3. The van der Waals surface area contributed by atoms with Crippen LogP contribution in [0.4, 0.5) is 5.82 Å². The summed E-state index contributed by atoms with van der Waals surface area (Å²) in [7, 11) is 1.60. The van der Waals surface area contributed by atoms with Crippen molar-refractivity contribution in [2.75, 3.05) is 12.8 Å². The molecule has 0 bridgehead atoms. The van der Waals surface area contributed by atoms with Crippen LogP contribution >= 0.6 is 11.6 Å². The Kier molecular flexibility index (Phi) is 3.35. The summed E-state index contributed by atoms with van der Waals surface area (Å²) in [5.41, 5.74) is 8.44. The van der Waals surface area contributed by atoms with Crippen LogP contribution in [0.2, 0.25) is 5.22 Å². The minimum absolute atomic E-state index is 0.265. The fourth-order valence-corrected chi connectivity index (χ4v) is 2.33. The van der Waals surface area contributed by atoms with Gasteiger partial charge in [0.05, 0.1) is 12.7 Å². The van der Waals surface area contributed by atoms with E-state index in [2.05, 4.69) is 5.16 Å². The third-order valence-electron chi connectivity index (χ3n) is 3.14. The standard InChI is InChI=1S/C15H13ClN2O3/c1-8-3-4-10(19-2)9(7-8)13-14(21-18-15(13)17)11-5-6-12(16)20-11/h3-7H,1-2H3,(H2,17,18). The zero-order chi connectivity index (χ0) is 15.0. The first-order chi connectivity index (χ1) is 10.1. The van der Waals surface area contributed by atoms with E-state index in [1.807, 2.05) is 25.1 Å². The molecule has 0 aliphatic heterocycles. The Bertz CT molecular complexity index is 792. The Morgan fingerprint density at radius 1 is 1.24 bits per heavy atom. The highest BCUT2D eigenvalue weighted by atomic mass is 35.5. The summed E-state index contributed by atoms with van der Waals surface area (Å²) in [6, 6.07) is 9.11. The first-order valence-electron chi connectivity index (χ1n) is 6.26. The Morgan fingerprint density at radius 2 is 2.05 bits per heavy atom. The number of furan rings is 1. The van der Waals surface area contributed by atoms with Crippen LogP contribution in [0.25, 0.3) is 22.6 Å². The van der Waals surface area contributed by atoms with Crippen molar-refractivity contribution in [3.63, 3.8) is 0 Å². The molecular formula is C15H13ClN2O3. The molecule has 2 aromatic heterocycles. The van der Waals surface area contributed by atoms with Crippen molar-refractivity contribution >= 4 is 17.4 Å². The van der Waals surface area contributed by atoms with Gasteiger partial charge in [-0.05, 0) is 42.8 Å². The number of methoxy groups -OCH3 is 1. The van der Waals surface area contributed by atoms with Crippen LogP contribution in [0.15, 0.2) is 39.3 Å². The van der Waals surface area contributed by atoms with E-state index in [1.54, 1.807) is 19.2 Å². The SMILES string of the molecule is COc1ccc(C)cc1-c1c(N)noc1-c1ccc(Cl)o1. The van der Waals surface area contributed by atoms with Gasteiger partial charge in [-0.2, -0.15) is 0 Å². The molecule has 2 N–H and O–H groups in total. The lowest BCUT2D eigenvalue weighted by Gasteiger charge is -2.09. The highest BCUT2D eigenvalue weighted by Gasteiger charge is 2.23. The smallest absolute Gasteiger partial charge is 0.212 e. The molecule has 21 heavy (non-hydrogen) atoms. The molecule has 3 rings (SSSR count). The van der Waals surface area contributed by atoms with E-state index >= 15 is 0 Å². The summed E-state index contributed by atoms with van der Waals surface area (Å²) in [5.74, 6) is 1.82. The van der Waals surface area contributed by atoms with Gasteiger partial charge in [-0.25, -0.2) is 0 Å². The largest absolute Gasteiger partial charge is 0.496 e. The number of nitrogen functional groups attached to an aromatic ring is 1. The number of hydrogen-bond donors (Lipinski definition) is 1. The van der Waals surface area contributed by atoms with Crippen LogP contribution < -0.4 is 10.5 Å². The molecule has 0 aliphatic carbocycles. The third kappa shape index (κ3) is 2.36. The lowest BCUT2D eigenvalue weighted by atomic mass is 10.0. The molecular weight excluding hydrogens is 292 g/mol. The average Bonchev–Trinajstić information content (AvgIpc) is 3.04. The molecule has 1 aromatic carbocycles. The van der Waals surface area contributed by atoms with Crippen LogP contribution in [-0.4, -0.2) is 12.3 Å². The molecule has 3 aromatic rings. The first-order valence-corrected chi connectivity index (χ1v) is 6.64. The third-order valence-corrected chi connectivity index (χ3v) is 3.34. The van der Waals surface area contributed by atoms with Crippen molar-refractivity contribution in [3.8, 4) is 28.4 Å². The van der Waals surface area contributed by atoms with Gasteiger partial charge in [0, 0.05) is 5.56 Å². The van der Waals surface area contributed by atoms with Crippen LogP contribution in [0.3, 0.4) is 0 Å². The summed E-state index contributed by atoms with van der Waals surface area (Å²) in [4.78, 5) is 0. The normalized spacial score (nSPS) is 10.8. The molecule has 0 aliphatic rings. The summed E-state index contributed by atoms with van der Waals surface area (Å²) in [6.45, 7) is 1.98. The monoisotopic (exact) mass is 304 g/mol. The lowest BCUT2D eigenvalue weighted by Crippen LogP contribution is -1.93. The number of nitrogens with zero attached hydrogens (tertiary/aromatic N) is 1. The molecule has 0 fully saturated rings. The summed E-state index contributed by atoms with van der Waals surface area (Å²) in [5, 5.41) is 4.09. The van der Waals surface area contributed by atoms with E-state index in [-0.39, 0.29) is 11.0 Å². The van der Waals surface area contributed by atoms with Gasteiger partial charge in [0.25, 0.3) is 0 Å². The van der Waals surface area contributed by atoms with Crippen molar-refractivity contribution in [3.05, 3.63) is 41.1 Å². The molecule has 0 radical (unpaired) electrons.